The van der Waals surface area contributed by atoms with E-state index < -0.39 is 0 Å². The lowest BCUT2D eigenvalue weighted by Crippen LogP contribution is -1.99. The van der Waals surface area contributed by atoms with Gasteiger partial charge in [-0.05, 0) is 19.4 Å². The predicted octanol–water partition coefficient (Wildman–Crippen LogP) is 0.793. The average molecular weight is 140 g/mol. The van der Waals surface area contributed by atoms with E-state index in [0.29, 0.717) is 0 Å². The van der Waals surface area contributed by atoms with Gasteiger partial charge in [0.25, 0.3) is 0 Å². The molecule has 52 valence electrons. The molecule has 3 heteroatoms. The van der Waals surface area contributed by atoms with Gasteiger partial charge >= 0.3 is 0 Å². The van der Waals surface area contributed by atoms with Gasteiger partial charge in [-0.25, -0.2) is 0 Å². The monoisotopic (exact) mass is 139 g/mol. The quantitative estimate of drug-likeness (QED) is 0.585. The van der Waals surface area contributed by atoms with E-state index in [1.54, 1.807) is 7.11 Å². The Bertz CT molecular complexity index is 31.6. The van der Waals surface area contributed by atoms with Crippen molar-refractivity contribution in [3.8, 4) is 0 Å². The maximum Gasteiger partial charge on any atom is 0.0462 e. The molecule has 0 fully saturated rings. The predicted molar refractivity (Wildman–Crippen MR) is 37.4 cm³/mol. The van der Waals surface area contributed by atoms with Crippen molar-refractivity contribution >= 4 is 12.4 Å². The number of unbranched alkanes of at least 4 members (excludes halogenated alkanes) is 1. The van der Waals surface area contributed by atoms with Crippen molar-refractivity contribution in [2.45, 2.75) is 12.8 Å². The summed E-state index contributed by atoms with van der Waals surface area (Å²) in [5, 5.41) is 0. The average Bonchev–Trinajstić information content (AvgIpc) is 1.69. The van der Waals surface area contributed by atoms with E-state index in [1.165, 1.54) is 0 Å². The van der Waals surface area contributed by atoms with Crippen LogP contribution in [0.4, 0.5) is 0 Å². The molecule has 8 heavy (non-hydrogen) atoms. The molecule has 0 bridgehead atoms. The van der Waals surface area contributed by atoms with Gasteiger partial charge in [0, 0.05) is 13.7 Å². The number of methoxy groups -OCH3 is 1. The molecule has 0 amide bonds. The second kappa shape index (κ2) is 10.2. The Hall–Kier alpha value is 0.210. The van der Waals surface area contributed by atoms with Gasteiger partial charge in [0.05, 0.1) is 0 Å². The summed E-state index contributed by atoms with van der Waals surface area (Å²) in [6, 6.07) is 0. The van der Waals surface area contributed by atoms with Gasteiger partial charge in [-0.15, -0.1) is 12.4 Å². The van der Waals surface area contributed by atoms with Crippen LogP contribution in [0.25, 0.3) is 0 Å². The number of ether oxygens (including phenoxy) is 1. The number of rotatable bonds is 4. The Morgan fingerprint density at radius 2 is 2.00 bits per heavy atom. The van der Waals surface area contributed by atoms with E-state index in [4.69, 9.17) is 10.5 Å². The minimum atomic E-state index is 0. The van der Waals surface area contributed by atoms with E-state index in [0.717, 1.165) is 26.0 Å². The molecular formula is C5H14ClNO. The lowest BCUT2D eigenvalue weighted by Gasteiger charge is -1.92. The van der Waals surface area contributed by atoms with Crippen LogP contribution in [-0.4, -0.2) is 20.3 Å². The Morgan fingerprint density at radius 1 is 1.38 bits per heavy atom. The third-order valence-electron chi connectivity index (χ3n) is 0.803. The molecule has 0 saturated heterocycles. The molecule has 0 aliphatic carbocycles. The molecule has 0 heterocycles. The highest BCUT2D eigenvalue weighted by Crippen LogP contribution is 1.83. The molecule has 0 aromatic heterocycles. The Morgan fingerprint density at radius 3 is 2.38 bits per heavy atom. The fourth-order valence-electron chi connectivity index (χ4n) is 0.391. The van der Waals surface area contributed by atoms with Gasteiger partial charge in [0.1, 0.15) is 0 Å². The van der Waals surface area contributed by atoms with E-state index in [2.05, 4.69) is 0 Å². The zero-order chi connectivity index (χ0) is 5.54. The van der Waals surface area contributed by atoms with Crippen molar-refractivity contribution in [3.63, 3.8) is 0 Å². The molecule has 0 aromatic rings. The highest BCUT2D eigenvalue weighted by Gasteiger charge is 1.79. The van der Waals surface area contributed by atoms with Crippen molar-refractivity contribution in [3.05, 3.63) is 0 Å². The molecule has 0 aromatic carbocycles. The van der Waals surface area contributed by atoms with E-state index >= 15 is 0 Å². The fourth-order valence-corrected chi connectivity index (χ4v) is 0.391. The van der Waals surface area contributed by atoms with Crippen LogP contribution in [0.5, 0.6) is 0 Å². The molecule has 0 saturated carbocycles. The summed E-state index contributed by atoms with van der Waals surface area (Å²) in [7, 11) is 1.70. The minimum absolute atomic E-state index is 0. The first-order valence-corrected chi connectivity index (χ1v) is 2.61. The first kappa shape index (κ1) is 11.1. The Kier molecular flexibility index (Phi) is 14.2. The van der Waals surface area contributed by atoms with Crippen LogP contribution >= 0.6 is 12.4 Å². The number of halogens is 1. The molecule has 0 rings (SSSR count). The van der Waals surface area contributed by atoms with Crippen LogP contribution in [0.15, 0.2) is 0 Å². The third-order valence-corrected chi connectivity index (χ3v) is 0.803. The summed E-state index contributed by atoms with van der Waals surface area (Å²) in [6.07, 6.45) is 2.17. The van der Waals surface area contributed by atoms with Gasteiger partial charge < -0.3 is 10.5 Å². The van der Waals surface area contributed by atoms with Crippen molar-refractivity contribution in [2.24, 2.45) is 5.73 Å². The first-order chi connectivity index (χ1) is 3.41. The lowest BCUT2D eigenvalue weighted by atomic mass is 10.3. The molecule has 0 spiro atoms. The van der Waals surface area contributed by atoms with Crippen LogP contribution < -0.4 is 5.73 Å². The lowest BCUT2D eigenvalue weighted by molar-refractivity contribution is 0.193. The number of hydrogen-bond acceptors (Lipinski definition) is 2. The normalized spacial score (nSPS) is 8.25. The van der Waals surface area contributed by atoms with Crippen LogP contribution in [-0.2, 0) is 4.74 Å². The SMILES string of the molecule is COCCCCN.Cl. The van der Waals surface area contributed by atoms with Crippen LogP contribution in [0.3, 0.4) is 0 Å². The van der Waals surface area contributed by atoms with Crippen molar-refractivity contribution in [1.29, 1.82) is 0 Å². The molecule has 0 unspecified atom stereocenters. The maximum atomic E-state index is 5.21. The van der Waals surface area contributed by atoms with Gasteiger partial charge in [0.15, 0.2) is 0 Å². The van der Waals surface area contributed by atoms with Crippen molar-refractivity contribution in [2.75, 3.05) is 20.3 Å². The molecule has 2 N–H and O–H groups in total. The van der Waals surface area contributed by atoms with Crippen LogP contribution in [0.2, 0.25) is 0 Å². The highest BCUT2D eigenvalue weighted by molar-refractivity contribution is 5.85. The van der Waals surface area contributed by atoms with E-state index in [9.17, 15) is 0 Å². The van der Waals surface area contributed by atoms with Gasteiger partial charge in [0.2, 0.25) is 0 Å². The zero-order valence-electron chi connectivity index (χ0n) is 5.22. The molecule has 0 radical (unpaired) electrons. The number of nitrogens with two attached hydrogens (primary N) is 1. The molecule has 2 nitrogen and oxygen atoms in total. The van der Waals surface area contributed by atoms with Crippen molar-refractivity contribution in [1.82, 2.24) is 0 Å². The van der Waals surface area contributed by atoms with Crippen LogP contribution in [0.1, 0.15) is 12.8 Å². The zero-order valence-corrected chi connectivity index (χ0v) is 6.04. The fraction of sp³-hybridized carbons (Fsp3) is 1.00. The second-order valence-corrected chi connectivity index (χ2v) is 1.49. The van der Waals surface area contributed by atoms with Gasteiger partial charge in [-0.3, -0.25) is 0 Å². The third kappa shape index (κ3) is 9.51. The maximum absolute atomic E-state index is 5.21. The largest absolute Gasteiger partial charge is 0.385 e. The highest BCUT2D eigenvalue weighted by atomic mass is 35.5. The Balaban J connectivity index is 0. The smallest absolute Gasteiger partial charge is 0.0462 e. The van der Waals surface area contributed by atoms with E-state index in [1.807, 2.05) is 0 Å². The standard InChI is InChI=1S/C5H13NO.ClH/c1-7-5-3-2-4-6;/h2-6H2,1H3;1H. The Labute approximate surface area is 56.8 Å². The minimum Gasteiger partial charge on any atom is -0.385 e. The molecule has 0 aliphatic rings. The summed E-state index contributed by atoms with van der Waals surface area (Å²) in [4.78, 5) is 0. The summed E-state index contributed by atoms with van der Waals surface area (Å²) in [5.41, 5.74) is 5.21. The van der Waals surface area contributed by atoms with Crippen molar-refractivity contribution < 1.29 is 4.74 Å². The molecule has 0 aliphatic heterocycles. The van der Waals surface area contributed by atoms with Gasteiger partial charge in [-0.2, -0.15) is 0 Å². The summed E-state index contributed by atoms with van der Waals surface area (Å²) >= 11 is 0. The second-order valence-electron chi connectivity index (χ2n) is 1.49. The first-order valence-electron chi connectivity index (χ1n) is 2.61. The summed E-state index contributed by atoms with van der Waals surface area (Å²) in [5.74, 6) is 0. The van der Waals surface area contributed by atoms with Crippen LogP contribution in [0, 0.1) is 0 Å². The number of hydrogen-bond donors (Lipinski definition) is 1. The summed E-state index contributed by atoms with van der Waals surface area (Å²) < 4.78 is 4.79. The molecular weight excluding hydrogens is 126 g/mol. The summed E-state index contributed by atoms with van der Waals surface area (Å²) in [6.45, 7) is 1.63. The van der Waals surface area contributed by atoms with Gasteiger partial charge in [-0.1, -0.05) is 0 Å². The molecule has 0 atom stereocenters. The topological polar surface area (TPSA) is 35.2 Å². The van der Waals surface area contributed by atoms with E-state index in [-0.39, 0.29) is 12.4 Å².